The van der Waals surface area contributed by atoms with Gasteiger partial charge in [0.2, 0.25) is 4.87 Å². The molecule has 0 aliphatic carbocycles. The number of fused-ring (bicyclic) bond motifs is 2. The fraction of sp³-hybridized carbons (Fsp3) is 0.300. The Kier molecular flexibility index (Phi) is 4.57. The lowest BCUT2D eigenvalue weighted by atomic mass is 10.1. The summed E-state index contributed by atoms with van der Waals surface area (Å²) >= 11 is 1.47. The maximum atomic E-state index is 13.4. The summed E-state index contributed by atoms with van der Waals surface area (Å²) in [5.74, 6) is 0.824. The molecule has 2 aliphatic heterocycles. The average molecular weight is 382 g/mol. The normalized spacial score (nSPS) is 20.8. The van der Waals surface area contributed by atoms with E-state index in [-0.39, 0.29) is 5.91 Å². The van der Waals surface area contributed by atoms with E-state index in [9.17, 15) is 4.79 Å². The van der Waals surface area contributed by atoms with E-state index in [1.165, 1.54) is 11.8 Å². The van der Waals surface area contributed by atoms with E-state index in [0.29, 0.717) is 6.54 Å². The monoisotopic (exact) mass is 382 g/mol. The van der Waals surface area contributed by atoms with Crippen molar-refractivity contribution in [2.24, 2.45) is 5.10 Å². The lowest BCUT2D eigenvalue weighted by Crippen LogP contribution is -2.45. The van der Waals surface area contributed by atoms with Crippen LogP contribution >= 0.6 is 11.8 Å². The predicted molar refractivity (Wildman–Crippen MR) is 109 cm³/mol. The summed E-state index contributed by atoms with van der Waals surface area (Å²) in [5, 5.41) is 5.31. The molecule has 1 unspecified atom stereocenters. The number of nitrogens with zero attached hydrogens (tertiary/aromatic N) is 3. The first-order valence-electron chi connectivity index (χ1n) is 8.79. The Labute approximate surface area is 163 Å². The highest BCUT2D eigenvalue weighted by Crippen LogP contribution is 2.50. The molecule has 1 N–H and O–H groups in total. The number of hydrogen-bond acceptors (Lipinski definition) is 6. The topological polar surface area (TPSA) is 57.2 Å². The first kappa shape index (κ1) is 17.9. The van der Waals surface area contributed by atoms with Crippen LogP contribution in [-0.2, 0) is 9.67 Å². The number of ether oxygens (including phenoxy) is 1. The van der Waals surface area contributed by atoms with Crippen LogP contribution in [0.1, 0.15) is 11.1 Å². The lowest BCUT2D eigenvalue weighted by Gasteiger charge is -2.23. The van der Waals surface area contributed by atoms with Gasteiger partial charge in [-0.1, -0.05) is 30.0 Å². The highest BCUT2D eigenvalue weighted by molar-refractivity contribution is 8.16. The first-order chi connectivity index (χ1) is 13.0. The number of thioether (sulfide) groups is 1. The molecule has 0 fully saturated rings. The molecule has 2 aliphatic rings. The fourth-order valence-corrected chi connectivity index (χ4v) is 4.53. The minimum atomic E-state index is -0.891. The molecule has 0 bridgehead atoms. The second-order valence-corrected chi connectivity index (χ2v) is 8.02. The van der Waals surface area contributed by atoms with Crippen molar-refractivity contribution in [2.45, 2.75) is 4.87 Å². The maximum Gasteiger partial charge on any atom is 0.269 e. The van der Waals surface area contributed by atoms with Gasteiger partial charge in [-0.25, -0.2) is 0 Å². The van der Waals surface area contributed by atoms with Gasteiger partial charge < -0.3 is 14.5 Å². The molecule has 7 heteroatoms. The van der Waals surface area contributed by atoms with Gasteiger partial charge in [-0.05, 0) is 44.4 Å². The summed E-state index contributed by atoms with van der Waals surface area (Å²) < 4.78 is 5.22. The lowest BCUT2D eigenvalue weighted by molar-refractivity contribution is -0.121. The number of nitrogens with one attached hydrogen (secondary N) is 1. The average Bonchev–Trinajstić information content (AvgIpc) is 3.23. The highest BCUT2D eigenvalue weighted by Gasteiger charge is 2.55. The van der Waals surface area contributed by atoms with Crippen LogP contribution in [0.15, 0.2) is 53.6 Å². The van der Waals surface area contributed by atoms with Crippen molar-refractivity contribution in [1.82, 2.24) is 10.3 Å². The molecular formula is C20H22N4O2S. The second kappa shape index (κ2) is 6.90. The molecule has 6 nitrogen and oxygen atoms in total. The zero-order chi connectivity index (χ0) is 19.0. The van der Waals surface area contributed by atoms with Gasteiger partial charge in [-0.2, -0.15) is 5.10 Å². The summed E-state index contributed by atoms with van der Waals surface area (Å²) in [6.07, 6.45) is 0. The standard InChI is InChI=1S/C20H22N4O2S/c1-23(2)12-13-24-17-7-5-4-6-16(17)20(19(24)25)22-21-18(27-20)14-8-10-15(26-3)11-9-14/h4-11,22H,12-13H2,1-3H3. The Morgan fingerprint density at radius 3 is 2.63 bits per heavy atom. The zero-order valence-electron chi connectivity index (χ0n) is 15.6. The SMILES string of the molecule is COc1ccc(C2=NNC3(S2)C(=O)N(CCN(C)C)c2ccccc23)cc1. The first-order valence-corrected chi connectivity index (χ1v) is 9.61. The molecule has 0 aromatic heterocycles. The van der Waals surface area contributed by atoms with Crippen LogP contribution in [0.3, 0.4) is 0 Å². The van der Waals surface area contributed by atoms with E-state index < -0.39 is 4.87 Å². The quantitative estimate of drug-likeness (QED) is 0.861. The number of methoxy groups -OCH3 is 1. The van der Waals surface area contributed by atoms with Crippen molar-refractivity contribution in [3.05, 3.63) is 59.7 Å². The van der Waals surface area contributed by atoms with Crippen LogP contribution < -0.4 is 15.1 Å². The predicted octanol–water partition coefficient (Wildman–Crippen LogP) is 2.45. The van der Waals surface area contributed by atoms with Gasteiger partial charge in [0.15, 0.2) is 0 Å². The number of hydrazone groups is 1. The molecule has 2 aromatic carbocycles. The number of benzene rings is 2. The van der Waals surface area contributed by atoms with E-state index >= 15 is 0 Å². The van der Waals surface area contributed by atoms with Crippen LogP contribution in [0.4, 0.5) is 5.69 Å². The zero-order valence-corrected chi connectivity index (χ0v) is 16.4. The van der Waals surface area contributed by atoms with Crippen LogP contribution in [-0.4, -0.2) is 50.1 Å². The van der Waals surface area contributed by atoms with Crippen molar-refractivity contribution in [1.29, 1.82) is 0 Å². The van der Waals surface area contributed by atoms with Crippen LogP contribution in [0.5, 0.6) is 5.75 Å². The molecular weight excluding hydrogens is 360 g/mol. The summed E-state index contributed by atoms with van der Waals surface area (Å²) in [6.45, 7) is 1.44. The highest BCUT2D eigenvalue weighted by atomic mass is 32.2. The van der Waals surface area contributed by atoms with Gasteiger partial charge in [0.1, 0.15) is 10.8 Å². The molecule has 0 radical (unpaired) electrons. The molecule has 1 spiro atoms. The van der Waals surface area contributed by atoms with Crippen molar-refractivity contribution in [3.8, 4) is 5.75 Å². The molecule has 0 saturated heterocycles. The van der Waals surface area contributed by atoms with E-state index in [0.717, 1.165) is 34.2 Å². The third-order valence-corrected chi connectivity index (χ3v) is 6.11. The van der Waals surface area contributed by atoms with Gasteiger partial charge in [-0.15, -0.1) is 0 Å². The van der Waals surface area contributed by atoms with Crippen molar-refractivity contribution < 1.29 is 9.53 Å². The molecule has 140 valence electrons. The second-order valence-electron chi connectivity index (χ2n) is 6.82. The number of carbonyl (C=O) groups excluding carboxylic acids is 1. The summed E-state index contributed by atoms with van der Waals surface area (Å²) in [4.78, 5) is 16.5. The summed E-state index contributed by atoms with van der Waals surface area (Å²) in [6, 6.07) is 15.7. The Morgan fingerprint density at radius 1 is 1.19 bits per heavy atom. The molecule has 0 saturated carbocycles. The Bertz CT molecular complexity index is 897. The Hall–Kier alpha value is -2.51. The van der Waals surface area contributed by atoms with Gasteiger partial charge in [0.25, 0.3) is 5.91 Å². The number of rotatable bonds is 5. The molecule has 27 heavy (non-hydrogen) atoms. The largest absolute Gasteiger partial charge is 0.497 e. The fourth-order valence-electron chi connectivity index (χ4n) is 3.33. The Morgan fingerprint density at radius 2 is 1.93 bits per heavy atom. The Balaban J connectivity index is 1.64. The molecule has 1 atom stereocenters. The maximum absolute atomic E-state index is 13.4. The molecule has 1 amide bonds. The third-order valence-electron chi connectivity index (χ3n) is 4.79. The third kappa shape index (κ3) is 2.96. The summed E-state index contributed by atoms with van der Waals surface area (Å²) in [5.41, 5.74) is 6.03. The number of anilines is 1. The van der Waals surface area contributed by atoms with Gasteiger partial charge in [0, 0.05) is 24.2 Å². The molecule has 2 heterocycles. The number of hydrogen-bond donors (Lipinski definition) is 1. The van der Waals surface area contributed by atoms with Crippen LogP contribution in [0, 0.1) is 0 Å². The smallest absolute Gasteiger partial charge is 0.269 e. The summed E-state index contributed by atoms with van der Waals surface area (Å²) in [7, 11) is 5.66. The van der Waals surface area contributed by atoms with Gasteiger partial charge in [-0.3, -0.25) is 10.2 Å². The van der Waals surface area contributed by atoms with E-state index in [4.69, 9.17) is 4.74 Å². The number of likely N-dealkylation sites (N-methyl/N-ethyl adjacent to an activating group) is 1. The van der Waals surface area contributed by atoms with Crippen LogP contribution in [0.2, 0.25) is 0 Å². The van der Waals surface area contributed by atoms with Gasteiger partial charge >= 0.3 is 0 Å². The molecule has 4 rings (SSSR count). The van der Waals surface area contributed by atoms with Crippen molar-refractivity contribution >= 4 is 28.4 Å². The van der Waals surface area contributed by atoms with Crippen molar-refractivity contribution in [2.75, 3.05) is 39.2 Å². The van der Waals surface area contributed by atoms with E-state index in [2.05, 4.69) is 15.4 Å². The minimum Gasteiger partial charge on any atom is -0.497 e. The van der Waals surface area contributed by atoms with Crippen molar-refractivity contribution in [3.63, 3.8) is 0 Å². The van der Waals surface area contributed by atoms with Gasteiger partial charge in [0.05, 0.1) is 12.8 Å². The number of para-hydroxylation sites is 1. The molecule has 2 aromatic rings. The van der Waals surface area contributed by atoms with E-state index in [1.807, 2.05) is 67.5 Å². The number of carbonyl (C=O) groups is 1. The van der Waals surface area contributed by atoms with E-state index in [1.54, 1.807) is 7.11 Å². The minimum absolute atomic E-state index is 0.0304. The number of amides is 1. The van der Waals surface area contributed by atoms with Crippen LogP contribution in [0.25, 0.3) is 0 Å².